The highest BCUT2D eigenvalue weighted by Crippen LogP contribution is 2.36. The molecular weight excluding hydrogens is 314 g/mol. The summed E-state index contributed by atoms with van der Waals surface area (Å²) in [5.74, 6) is -0.182. The van der Waals surface area contributed by atoms with Crippen LogP contribution in [0.4, 0.5) is 0 Å². The molecule has 0 aliphatic carbocycles. The van der Waals surface area contributed by atoms with Gasteiger partial charge in [0.2, 0.25) is 5.56 Å². The SMILES string of the molecule is O=C(NC1C[C@H]2CC[C@@H](C1)N2Cc1ccccc1)c1cccc(=O)[nH]1. The van der Waals surface area contributed by atoms with Crippen molar-refractivity contribution in [2.24, 2.45) is 0 Å². The number of aromatic amines is 1. The number of aromatic nitrogens is 1. The average Bonchev–Trinajstić information content (AvgIpc) is 2.85. The molecule has 0 saturated carbocycles. The predicted molar refractivity (Wildman–Crippen MR) is 96.3 cm³/mol. The van der Waals surface area contributed by atoms with Gasteiger partial charge in [-0.2, -0.15) is 0 Å². The molecule has 5 nitrogen and oxygen atoms in total. The summed E-state index contributed by atoms with van der Waals surface area (Å²) in [5, 5.41) is 3.11. The molecule has 0 radical (unpaired) electrons. The molecule has 2 N–H and O–H groups in total. The Morgan fingerprint density at radius 1 is 1.04 bits per heavy atom. The number of H-pyrrole nitrogens is 1. The van der Waals surface area contributed by atoms with E-state index in [-0.39, 0.29) is 17.5 Å². The molecule has 1 amide bonds. The number of hydrogen-bond acceptors (Lipinski definition) is 3. The Bertz CT molecular complexity index is 788. The minimum absolute atomic E-state index is 0.181. The van der Waals surface area contributed by atoms with Gasteiger partial charge in [0.15, 0.2) is 0 Å². The number of pyridine rings is 1. The van der Waals surface area contributed by atoms with Gasteiger partial charge < -0.3 is 10.3 Å². The highest BCUT2D eigenvalue weighted by molar-refractivity contribution is 5.92. The van der Waals surface area contributed by atoms with Crippen molar-refractivity contribution in [2.45, 2.75) is 50.4 Å². The highest BCUT2D eigenvalue weighted by Gasteiger charge is 2.40. The fraction of sp³-hybridized carbons (Fsp3) is 0.400. The van der Waals surface area contributed by atoms with Crippen LogP contribution in [0, 0.1) is 0 Å². The van der Waals surface area contributed by atoms with Crippen molar-refractivity contribution in [1.82, 2.24) is 15.2 Å². The fourth-order valence-corrected chi connectivity index (χ4v) is 4.29. The van der Waals surface area contributed by atoms with Gasteiger partial charge in [0.25, 0.3) is 5.91 Å². The lowest BCUT2D eigenvalue weighted by Gasteiger charge is -2.39. The van der Waals surface area contributed by atoms with E-state index in [1.807, 2.05) is 6.07 Å². The smallest absolute Gasteiger partial charge is 0.268 e. The van der Waals surface area contributed by atoms with Gasteiger partial charge in [0, 0.05) is 30.7 Å². The number of benzene rings is 1. The minimum Gasteiger partial charge on any atom is -0.348 e. The van der Waals surface area contributed by atoms with Crippen LogP contribution in [0.5, 0.6) is 0 Å². The van der Waals surface area contributed by atoms with Crippen molar-refractivity contribution in [2.75, 3.05) is 0 Å². The second-order valence-corrected chi connectivity index (χ2v) is 7.11. The zero-order valence-electron chi connectivity index (χ0n) is 14.2. The van der Waals surface area contributed by atoms with E-state index in [9.17, 15) is 9.59 Å². The van der Waals surface area contributed by atoms with Crippen molar-refractivity contribution >= 4 is 5.91 Å². The normalized spacial score (nSPS) is 25.7. The third-order valence-electron chi connectivity index (χ3n) is 5.44. The summed E-state index contributed by atoms with van der Waals surface area (Å²) in [6, 6.07) is 16.5. The maximum atomic E-state index is 12.4. The van der Waals surface area contributed by atoms with E-state index in [4.69, 9.17) is 0 Å². The molecule has 2 aliphatic rings. The lowest BCUT2D eigenvalue weighted by atomic mass is 9.96. The van der Waals surface area contributed by atoms with Gasteiger partial charge in [-0.1, -0.05) is 36.4 Å². The van der Waals surface area contributed by atoms with E-state index in [2.05, 4.69) is 39.5 Å². The largest absolute Gasteiger partial charge is 0.348 e. The van der Waals surface area contributed by atoms with Gasteiger partial charge in [-0.15, -0.1) is 0 Å². The molecule has 0 spiro atoms. The number of hydrogen-bond donors (Lipinski definition) is 2. The molecule has 1 aromatic carbocycles. The Hall–Kier alpha value is -2.40. The number of carbonyl (C=O) groups is 1. The summed E-state index contributed by atoms with van der Waals surface area (Å²) in [6.45, 7) is 0.989. The van der Waals surface area contributed by atoms with Gasteiger partial charge in [-0.3, -0.25) is 14.5 Å². The van der Waals surface area contributed by atoms with Crippen molar-refractivity contribution in [1.29, 1.82) is 0 Å². The van der Waals surface area contributed by atoms with E-state index in [1.165, 1.54) is 24.5 Å². The molecule has 4 rings (SSSR count). The molecule has 5 heteroatoms. The summed E-state index contributed by atoms with van der Waals surface area (Å²) in [6.07, 6.45) is 4.36. The highest BCUT2D eigenvalue weighted by atomic mass is 16.2. The third kappa shape index (κ3) is 3.51. The Morgan fingerprint density at radius 2 is 1.76 bits per heavy atom. The number of amides is 1. The van der Waals surface area contributed by atoms with E-state index < -0.39 is 0 Å². The van der Waals surface area contributed by atoms with Gasteiger partial charge in [0.1, 0.15) is 5.69 Å². The van der Waals surface area contributed by atoms with E-state index in [1.54, 1.807) is 12.1 Å². The third-order valence-corrected chi connectivity index (χ3v) is 5.44. The molecule has 2 saturated heterocycles. The number of carbonyl (C=O) groups excluding carboxylic acids is 1. The van der Waals surface area contributed by atoms with Gasteiger partial charge in [-0.25, -0.2) is 0 Å². The van der Waals surface area contributed by atoms with Crippen molar-refractivity contribution in [3.63, 3.8) is 0 Å². The minimum atomic E-state index is -0.245. The predicted octanol–water partition coefficient (Wildman–Crippen LogP) is 2.30. The van der Waals surface area contributed by atoms with E-state index in [0.29, 0.717) is 17.8 Å². The molecule has 25 heavy (non-hydrogen) atoms. The molecule has 3 atom stereocenters. The van der Waals surface area contributed by atoms with Crippen molar-refractivity contribution in [3.05, 3.63) is 70.1 Å². The second-order valence-electron chi connectivity index (χ2n) is 7.11. The number of nitrogens with one attached hydrogen (secondary N) is 2. The van der Waals surface area contributed by atoms with E-state index in [0.717, 1.165) is 19.4 Å². The maximum Gasteiger partial charge on any atom is 0.268 e. The summed E-state index contributed by atoms with van der Waals surface area (Å²) in [5.41, 5.74) is 1.45. The van der Waals surface area contributed by atoms with Crippen LogP contribution in [0.2, 0.25) is 0 Å². The zero-order chi connectivity index (χ0) is 17.2. The van der Waals surface area contributed by atoms with Crippen LogP contribution in [0.15, 0.2) is 53.3 Å². The zero-order valence-corrected chi connectivity index (χ0v) is 14.2. The van der Waals surface area contributed by atoms with Crippen molar-refractivity contribution < 1.29 is 4.79 Å². The first-order valence-corrected chi connectivity index (χ1v) is 8.99. The number of nitrogens with zero attached hydrogens (tertiary/aromatic N) is 1. The van der Waals surface area contributed by atoms with Crippen LogP contribution >= 0.6 is 0 Å². The van der Waals surface area contributed by atoms with Crippen LogP contribution in [0.25, 0.3) is 0 Å². The van der Waals surface area contributed by atoms with Crippen LogP contribution in [-0.4, -0.2) is 33.9 Å². The monoisotopic (exact) mass is 337 g/mol. The number of rotatable bonds is 4. The molecule has 1 aromatic heterocycles. The molecule has 130 valence electrons. The average molecular weight is 337 g/mol. The summed E-state index contributed by atoms with van der Waals surface area (Å²) < 4.78 is 0. The Balaban J connectivity index is 1.40. The second kappa shape index (κ2) is 6.84. The first-order valence-electron chi connectivity index (χ1n) is 8.99. The standard InChI is InChI=1S/C20H23N3O2/c24-19-8-4-7-18(22-19)20(25)21-15-11-16-9-10-17(12-15)23(16)13-14-5-2-1-3-6-14/h1-8,15-17H,9-13H2,(H,21,25)(H,22,24)/t15?,16-,17+. The van der Waals surface area contributed by atoms with Crippen molar-refractivity contribution in [3.8, 4) is 0 Å². The summed E-state index contributed by atoms with van der Waals surface area (Å²) in [7, 11) is 0. The van der Waals surface area contributed by atoms with Crippen LogP contribution in [0.1, 0.15) is 41.7 Å². The van der Waals surface area contributed by atoms with Gasteiger partial charge >= 0.3 is 0 Å². The number of piperidine rings is 1. The van der Waals surface area contributed by atoms with E-state index >= 15 is 0 Å². The molecule has 3 heterocycles. The van der Waals surface area contributed by atoms with Crippen LogP contribution in [0.3, 0.4) is 0 Å². The topological polar surface area (TPSA) is 65.2 Å². The Kier molecular flexibility index (Phi) is 4.40. The van der Waals surface area contributed by atoms with Crippen LogP contribution in [-0.2, 0) is 6.54 Å². The first kappa shape index (κ1) is 16.1. The molecule has 2 bridgehead atoms. The summed E-state index contributed by atoms with van der Waals surface area (Å²) in [4.78, 5) is 28.9. The number of fused-ring (bicyclic) bond motifs is 2. The quantitative estimate of drug-likeness (QED) is 0.900. The molecule has 2 aromatic rings. The Labute approximate surface area is 147 Å². The lowest BCUT2D eigenvalue weighted by molar-refractivity contribution is 0.0823. The molecule has 2 fully saturated rings. The Morgan fingerprint density at radius 3 is 2.44 bits per heavy atom. The first-order chi connectivity index (χ1) is 12.2. The molecule has 1 unspecified atom stereocenters. The lowest BCUT2D eigenvalue weighted by Crippen LogP contribution is -2.50. The molecule has 2 aliphatic heterocycles. The molecular formula is C20H23N3O2. The maximum absolute atomic E-state index is 12.4. The van der Waals surface area contributed by atoms with Gasteiger partial charge in [0.05, 0.1) is 0 Å². The van der Waals surface area contributed by atoms with Gasteiger partial charge in [-0.05, 0) is 37.3 Å². The van der Waals surface area contributed by atoms with Crippen LogP contribution < -0.4 is 10.9 Å². The summed E-state index contributed by atoms with van der Waals surface area (Å²) >= 11 is 0. The fourth-order valence-electron chi connectivity index (χ4n) is 4.29.